The number of hydrogen-bond acceptors (Lipinski definition) is 7. The number of piperazine rings is 1. The molecule has 1 aliphatic heterocycles. The van der Waals surface area contributed by atoms with E-state index < -0.39 is 10.0 Å². The van der Waals surface area contributed by atoms with Crippen molar-refractivity contribution in [2.75, 3.05) is 43.0 Å². The highest BCUT2D eigenvalue weighted by molar-refractivity contribution is 7.89. The molecule has 4 rings (SSSR count). The van der Waals surface area contributed by atoms with E-state index in [0.29, 0.717) is 50.3 Å². The monoisotopic (exact) mass is 481 g/mol. The lowest BCUT2D eigenvalue weighted by molar-refractivity contribution is 0.309. The smallest absolute Gasteiger partial charge is 0.243 e. The number of rotatable bonds is 9. The maximum Gasteiger partial charge on any atom is 0.243 e. The molecule has 2 heterocycles. The minimum absolute atomic E-state index is 0.282. The van der Waals surface area contributed by atoms with Gasteiger partial charge in [0.05, 0.1) is 11.5 Å². The van der Waals surface area contributed by atoms with Crippen LogP contribution in [0, 0.1) is 6.92 Å². The van der Waals surface area contributed by atoms with E-state index in [-0.39, 0.29) is 4.90 Å². The molecular weight excluding hydrogens is 450 g/mol. The molecule has 1 N–H and O–H groups in total. The van der Waals surface area contributed by atoms with E-state index in [0.717, 1.165) is 24.2 Å². The predicted octanol–water partition coefficient (Wildman–Crippen LogP) is 4.22. The second kappa shape index (κ2) is 10.8. The van der Waals surface area contributed by atoms with Crippen LogP contribution in [0.4, 0.5) is 17.5 Å². The third kappa shape index (κ3) is 5.84. The van der Waals surface area contributed by atoms with Crippen LogP contribution < -0.4 is 15.0 Å². The molecule has 1 aromatic heterocycles. The zero-order valence-electron chi connectivity index (χ0n) is 19.6. The quantitative estimate of drug-likeness (QED) is 0.458. The summed E-state index contributed by atoms with van der Waals surface area (Å²) >= 11 is 0. The summed E-state index contributed by atoms with van der Waals surface area (Å²) in [6, 6.07) is 18.4. The Balaban J connectivity index is 1.40. The fourth-order valence-corrected chi connectivity index (χ4v) is 5.17. The van der Waals surface area contributed by atoms with Gasteiger partial charge in [-0.2, -0.15) is 9.29 Å². The first-order valence-electron chi connectivity index (χ1n) is 11.6. The van der Waals surface area contributed by atoms with E-state index in [4.69, 9.17) is 4.74 Å². The van der Waals surface area contributed by atoms with E-state index in [1.54, 1.807) is 24.3 Å². The summed E-state index contributed by atoms with van der Waals surface area (Å²) < 4.78 is 33.4. The molecule has 9 heteroatoms. The highest BCUT2D eigenvalue weighted by atomic mass is 32.2. The van der Waals surface area contributed by atoms with Crippen molar-refractivity contribution in [1.82, 2.24) is 14.3 Å². The van der Waals surface area contributed by atoms with E-state index >= 15 is 0 Å². The van der Waals surface area contributed by atoms with Gasteiger partial charge in [0.15, 0.2) is 0 Å². The average Bonchev–Trinajstić information content (AvgIpc) is 2.85. The van der Waals surface area contributed by atoms with Gasteiger partial charge in [-0.3, -0.25) is 0 Å². The highest BCUT2D eigenvalue weighted by Gasteiger charge is 2.29. The van der Waals surface area contributed by atoms with Crippen LogP contribution >= 0.6 is 0 Å². The molecule has 0 spiro atoms. The number of benzene rings is 2. The van der Waals surface area contributed by atoms with Gasteiger partial charge in [0.1, 0.15) is 11.6 Å². The second-order valence-corrected chi connectivity index (χ2v) is 10.2. The number of unbranched alkanes of at least 4 members (excludes halogenated alkanes) is 1. The number of hydrogen-bond donors (Lipinski definition) is 1. The first kappa shape index (κ1) is 24.0. The summed E-state index contributed by atoms with van der Waals surface area (Å²) in [7, 11) is -3.57. The van der Waals surface area contributed by atoms with Gasteiger partial charge in [-0.1, -0.05) is 31.5 Å². The van der Waals surface area contributed by atoms with Gasteiger partial charge in [-0.05, 0) is 49.7 Å². The molecule has 3 aromatic rings. The Morgan fingerprint density at radius 1 is 0.971 bits per heavy atom. The van der Waals surface area contributed by atoms with Crippen LogP contribution in [0.15, 0.2) is 65.6 Å². The van der Waals surface area contributed by atoms with Gasteiger partial charge >= 0.3 is 0 Å². The molecule has 0 unspecified atom stereocenters. The van der Waals surface area contributed by atoms with Gasteiger partial charge in [0.2, 0.25) is 16.0 Å². The number of sulfonamides is 1. The van der Waals surface area contributed by atoms with Crippen LogP contribution in [0.5, 0.6) is 5.75 Å². The third-order valence-corrected chi connectivity index (χ3v) is 7.55. The maximum atomic E-state index is 13.1. The van der Waals surface area contributed by atoms with E-state index in [9.17, 15) is 8.42 Å². The Morgan fingerprint density at radius 3 is 2.35 bits per heavy atom. The highest BCUT2D eigenvalue weighted by Crippen LogP contribution is 2.23. The van der Waals surface area contributed by atoms with Gasteiger partial charge in [0, 0.05) is 43.6 Å². The Morgan fingerprint density at radius 2 is 1.68 bits per heavy atom. The Hall–Kier alpha value is -3.17. The Kier molecular flexibility index (Phi) is 7.64. The van der Waals surface area contributed by atoms with Gasteiger partial charge in [-0.15, -0.1) is 0 Å². The van der Waals surface area contributed by atoms with Crippen LogP contribution in [0.25, 0.3) is 0 Å². The lowest BCUT2D eigenvalue weighted by Crippen LogP contribution is -2.49. The van der Waals surface area contributed by atoms with Crippen molar-refractivity contribution in [2.45, 2.75) is 31.6 Å². The first-order chi connectivity index (χ1) is 16.5. The zero-order valence-corrected chi connectivity index (χ0v) is 20.5. The van der Waals surface area contributed by atoms with E-state index in [2.05, 4.69) is 22.2 Å². The maximum absolute atomic E-state index is 13.1. The second-order valence-electron chi connectivity index (χ2n) is 8.25. The molecular formula is C25H31N5O3S. The molecule has 8 nitrogen and oxygen atoms in total. The van der Waals surface area contributed by atoms with Gasteiger partial charge < -0.3 is 15.0 Å². The van der Waals surface area contributed by atoms with Crippen LogP contribution in [0.1, 0.15) is 25.5 Å². The van der Waals surface area contributed by atoms with Crippen molar-refractivity contribution in [1.29, 1.82) is 0 Å². The molecule has 0 radical (unpaired) electrons. The van der Waals surface area contributed by atoms with E-state index in [1.165, 1.54) is 4.31 Å². The number of aromatic nitrogens is 2. The molecule has 0 atom stereocenters. The fraction of sp³-hybridized carbons (Fsp3) is 0.360. The number of para-hydroxylation sites is 1. The van der Waals surface area contributed by atoms with Crippen molar-refractivity contribution >= 4 is 27.5 Å². The van der Waals surface area contributed by atoms with Crippen molar-refractivity contribution in [3.05, 3.63) is 66.4 Å². The normalized spacial score (nSPS) is 14.7. The SMILES string of the molecule is CCCCOc1ccc(S(=O)(=O)N2CCN(c3nc(C)cc(Nc4ccccc4)n3)CC2)cc1. The molecule has 0 saturated carbocycles. The number of nitrogens with one attached hydrogen (secondary N) is 1. The number of aryl methyl sites for hydroxylation is 1. The predicted molar refractivity (Wildman–Crippen MR) is 134 cm³/mol. The average molecular weight is 482 g/mol. The van der Waals surface area contributed by atoms with Crippen LogP contribution in [0.3, 0.4) is 0 Å². The fourth-order valence-electron chi connectivity index (χ4n) is 3.75. The van der Waals surface area contributed by atoms with Crippen LogP contribution in [0.2, 0.25) is 0 Å². The number of ether oxygens (including phenoxy) is 1. The lowest BCUT2D eigenvalue weighted by Gasteiger charge is -2.34. The Bertz CT molecular complexity index is 1180. The van der Waals surface area contributed by atoms with E-state index in [1.807, 2.05) is 48.2 Å². The van der Waals surface area contributed by atoms with Crippen molar-refractivity contribution in [3.63, 3.8) is 0 Å². The van der Waals surface area contributed by atoms with Crippen molar-refractivity contribution < 1.29 is 13.2 Å². The lowest BCUT2D eigenvalue weighted by atomic mass is 10.3. The summed E-state index contributed by atoms with van der Waals surface area (Å²) in [5.41, 5.74) is 1.80. The van der Waals surface area contributed by atoms with Crippen LogP contribution in [-0.4, -0.2) is 55.5 Å². The molecule has 1 saturated heterocycles. The van der Waals surface area contributed by atoms with Gasteiger partial charge in [0.25, 0.3) is 0 Å². The molecule has 2 aromatic carbocycles. The molecule has 0 aliphatic carbocycles. The summed E-state index contributed by atoms with van der Waals surface area (Å²) in [5, 5.41) is 3.30. The molecule has 1 aliphatic rings. The molecule has 0 amide bonds. The van der Waals surface area contributed by atoms with Crippen molar-refractivity contribution in [3.8, 4) is 5.75 Å². The van der Waals surface area contributed by atoms with Crippen molar-refractivity contribution in [2.24, 2.45) is 0 Å². The molecule has 1 fully saturated rings. The zero-order chi connectivity index (χ0) is 24.0. The summed E-state index contributed by atoms with van der Waals surface area (Å²) in [6.07, 6.45) is 2.02. The minimum Gasteiger partial charge on any atom is -0.494 e. The summed E-state index contributed by atoms with van der Waals surface area (Å²) in [6.45, 7) is 6.44. The molecule has 180 valence electrons. The largest absolute Gasteiger partial charge is 0.494 e. The number of nitrogens with zero attached hydrogens (tertiary/aromatic N) is 4. The number of anilines is 3. The first-order valence-corrected chi connectivity index (χ1v) is 13.1. The van der Waals surface area contributed by atoms with Gasteiger partial charge in [-0.25, -0.2) is 13.4 Å². The molecule has 34 heavy (non-hydrogen) atoms. The molecule has 0 bridgehead atoms. The van der Waals surface area contributed by atoms with Crippen LogP contribution in [-0.2, 0) is 10.0 Å². The minimum atomic E-state index is -3.57. The topological polar surface area (TPSA) is 87.7 Å². The third-order valence-electron chi connectivity index (χ3n) is 5.64. The Labute approximate surface area is 201 Å². The summed E-state index contributed by atoms with van der Waals surface area (Å²) in [4.78, 5) is 11.5. The standard InChI is InChI=1S/C25H31N5O3S/c1-3-4-18-33-22-10-12-23(13-11-22)34(31,32)30-16-14-29(15-17-30)25-26-20(2)19-24(28-25)27-21-8-6-5-7-9-21/h5-13,19H,3-4,14-18H2,1-2H3,(H,26,27,28). The summed E-state index contributed by atoms with van der Waals surface area (Å²) in [5.74, 6) is 2.00.